The van der Waals surface area contributed by atoms with E-state index in [2.05, 4.69) is 12.6 Å². The molecule has 0 saturated heterocycles. The molecular formula is C6H4FNO2S. The zero-order chi connectivity index (χ0) is 8.43. The lowest BCUT2D eigenvalue weighted by Crippen LogP contribution is -1.88. The predicted molar refractivity (Wildman–Crippen MR) is 40.3 cm³/mol. The Bertz CT molecular complexity index is 303. The first kappa shape index (κ1) is 8.00. The molecular weight excluding hydrogens is 169 g/mol. The Morgan fingerprint density at radius 3 is 2.64 bits per heavy atom. The lowest BCUT2D eigenvalue weighted by Gasteiger charge is -1.93. The van der Waals surface area contributed by atoms with Crippen molar-refractivity contribution in [2.45, 2.75) is 4.90 Å². The minimum absolute atomic E-state index is 0.107. The Morgan fingerprint density at radius 1 is 1.55 bits per heavy atom. The molecule has 0 amide bonds. The second kappa shape index (κ2) is 2.87. The fourth-order valence-electron chi connectivity index (χ4n) is 0.609. The highest BCUT2D eigenvalue weighted by atomic mass is 32.1. The third kappa shape index (κ3) is 1.68. The minimum atomic E-state index is -0.678. The molecule has 0 fully saturated rings. The smallest absolute Gasteiger partial charge is 0.258 e. The monoisotopic (exact) mass is 173 g/mol. The van der Waals surface area contributed by atoms with Crippen LogP contribution in [0.1, 0.15) is 0 Å². The van der Waals surface area contributed by atoms with Gasteiger partial charge < -0.3 is 0 Å². The highest BCUT2D eigenvalue weighted by Gasteiger charge is 2.07. The molecule has 0 bridgehead atoms. The topological polar surface area (TPSA) is 43.1 Å². The van der Waals surface area contributed by atoms with Gasteiger partial charge in [-0.25, -0.2) is 4.39 Å². The van der Waals surface area contributed by atoms with Crippen LogP contribution in [0.3, 0.4) is 0 Å². The van der Waals surface area contributed by atoms with Gasteiger partial charge in [0.25, 0.3) is 5.69 Å². The van der Waals surface area contributed by atoms with Gasteiger partial charge in [0.1, 0.15) is 5.82 Å². The number of rotatable bonds is 1. The van der Waals surface area contributed by atoms with Crippen LogP contribution in [0.25, 0.3) is 0 Å². The number of halogens is 1. The van der Waals surface area contributed by atoms with Crippen LogP contribution in [0, 0.1) is 15.9 Å². The van der Waals surface area contributed by atoms with Gasteiger partial charge >= 0.3 is 0 Å². The third-order valence-electron chi connectivity index (χ3n) is 1.14. The number of hydrogen-bond donors (Lipinski definition) is 1. The molecule has 0 N–H and O–H groups in total. The number of nitrogens with zero attached hydrogens (tertiary/aromatic N) is 1. The van der Waals surface area contributed by atoms with Crippen LogP contribution in [-0.2, 0) is 0 Å². The van der Waals surface area contributed by atoms with Gasteiger partial charge in [-0.15, -0.1) is 12.6 Å². The van der Waals surface area contributed by atoms with Crippen LogP contribution in [0.2, 0.25) is 0 Å². The van der Waals surface area contributed by atoms with E-state index in [1.54, 1.807) is 0 Å². The standard InChI is InChI=1S/C6H4FNO2S/c7-5-3-4(8(9)10)1-2-6(5)11/h1-3,11H. The van der Waals surface area contributed by atoms with E-state index in [1.807, 2.05) is 0 Å². The van der Waals surface area contributed by atoms with Gasteiger partial charge in [0.2, 0.25) is 0 Å². The van der Waals surface area contributed by atoms with Gasteiger partial charge in [0, 0.05) is 11.0 Å². The van der Waals surface area contributed by atoms with Crippen LogP contribution < -0.4 is 0 Å². The lowest BCUT2D eigenvalue weighted by atomic mass is 10.3. The summed E-state index contributed by atoms with van der Waals surface area (Å²) in [5.41, 5.74) is -0.264. The highest BCUT2D eigenvalue weighted by molar-refractivity contribution is 7.80. The molecule has 0 unspecified atom stereocenters. The summed E-state index contributed by atoms with van der Waals surface area (Å²) in [6.07, 6.45) is 0. The lowest BCUT2D eigenvalue weighted by molar-refractivity contribution is -0.385. The maximum Gasteiger partial charge on any atom is 0.272 e. The van der Waals surface area contributed by atoms with E-state index in [1.165, 1.54) is 12.1 Å². The molecule has 0 aliphatic rings. The number of thiol groups is 1. The molecule has 11 heavy (non-hydrogen) atoms. The molecule has 0 aromatic heterocycles. The maximum absolute atomic E-state index is 12.6. The summed E-state index contributed by atoms with van der Waals surface area (Å²) in [5, 5.41) is 10.1. The molecule has 5 heteroatoms. The quantitative estimate of drug-likeness (QED) is 0.401. The van der Waals surface area contributed by atoms with Crippen molar-refractivity contribution in [3.63, 3.8) is 0 Å². The van der Waals surface area contributed by atoms with Crippen molar-refractivity contribution in [3.8, 4) is 0 Å². The number of nitro benzene ring substituents is 1. The van der Waals surface area contributed by atoms with Crippen LogP contribution in [0.5, 0.6) is 0 Å². The first-order valence-electron chi connectivity index (χ1n) is 2.74. The van der Waals surface area contributed by atoms with Gasteiger partial charge in [-0.1, -0.05) is 0 Å². The van der Waals surface area contributed by atoms with E-state index in [0.29, 0.717) is 0 Å². The molecule has 0 saturated carbocycles. The molecule has 0 spiro atoms. The molecule has 0 heterocycles. The van der Waals surface area contributed by atoms with Crippen molar-refractivity contribution in [2.24, 2.45) is 0 Å². The van der Waals surface area contributed by atoms with E-state index in [4.69, 9.17) is 0 Å². The summed E-state index contributed by atoms with van der Waals surface area (Å²) < 4.78 is 12.6. The summed E-state index contributed by atoms with van der Waals surface area (Å²) in [4.78, 5) is 9.53. The zero-order valence-corrected chi connectivity index (χ0v) is 6.22. The Hall–Kier alpha value is -1.10. The Labute approximate surface area is 67.4 Å². The number of hydrogen-bond acceptors (Lipinski definition) is 3. The van der Waals surface area contributed by atoms with Gasteiger partial charge in [-0.3, -0.25) is 10.1 Å². The molecule has 58 valence electrons. The van der Waals surface area contributed by atoms with Crippen LogP contribution in [0.15, 0.2) is 23.1 Å². The van der Waals surface area contributed by atoms with Crippen molar-refractivity contribution >= 4 is 18.3 Å². The van der Waals surface area contributed by atoms with Crippen LogP contribution in [0.4, 0.5) is 10.1 Å². The van der Waals surface area contributed by atoms with Crippen LogP contribution >= 0.6 is 12.6 Å². The van der Waals surface area contributed by atoms with Gasteiger partial charge in [-0.2, -0.15) is 0 Å². The molecule has 0 aliphatic carbocycles. The fourth-order valence-corrected chi connectivity index (χ4v) is 0.748. The number of benzene rings is 1. The molecule has 0 atom stereocenters. The van der Waals surface area contributed by atoms with Crippen LogP contribution in [-0.4, -0.2) is 4.92 Å². The Balaban J connectivity index is 3.15. The molecule has 0 aliphatic heterocycles. The van der Waals surface area contributed by atoms with Crippen molar-refractivity contribution in [1.82, 2.24) is 0 Å². The van der Waals surface area contributed by atoms with Crippen molar-refractivity contribution < 1.29 is 9.31 Å². The highest BCUT2D eigenvalue weighted by Crippen LogP contribution is 2.18. The number of nitro groups is 1. The number of non-ortho nitro benzene ring substituents is 1. The fraction of sp³-hybridized carbons (Fsp3) is 0. The second-order valence-corrected chi connectivity index (χ2v) is 2.37. The normalized spacial score (nSPS) is 9.64. The molecule has 1 aromatic rings. The van der Waals surface area contributed by atoms with Crippen molar-refractivity contribution in [2.75, 3.05) is 0 Å². The molecule has 1 aromatic carbocycles. The Morgan fingerprint density at radius 2 is 2.18 bits per heavy atom. The molecule has 0 radical (unpaired) electrons. The van der Waals surface area contributed by atoms with Crippen molar-refractivity contribution in [1.29, 1.82) is 0 Å². The average Bonchev–Trinajstić information content (AvgIpc) is 1.94. The van der Waals surface area contributed by atoms with E-state index < -0.39 is 10.7 Å². The summed E-state index contributed by atoms with van der Waals surface area (Å²) in [6, 6.07) is 3.28. The van der Waals surface area contributed by atoms with E-state index in [0.717, 1.165) is 6.07 Å². The molecule has 3 nitrogen and oxygen atoms in total. The van der Waals surface area contributed by atoms with Crippen molar-refractivity contribution in [3.05, 3.63) is 34.1 Å². The predicted octanol–water partition coefficient (Wildman–Crippen LogP) is 2.02. The zero-order valence-electron chi connectivity index (χ0n) is 5.32. The maximum atomic E-state index is 12.6. The summed E-state index contributed by atoms with van der Waals surface area (Å²) in [6.45, 7) is 0. The molecule has 1 rings (SSSR count). The first-order chi connectivity index (χ1) is 5.11. The van der Waals surface area contributed by atoms with Gasteiger partial charge in [0.15, 0.2) is 0 Å². The average molecular weight is 173 g/mol. The van der Waals surface area contributed by atoms with E-state index in [9.17, 15) is 14.5 Å². The largest absolute Gasteiger partial charge is 0.272 e. The SMILES string of the molecule is O=[N+]([O-])c1ccc(S)c(F)c1. The summed E-state index contributed by atoms with van der Waals surface area (Å²) in [5.74, 6) is -0.678. The summed E-state index contributed by atoms with van der Waals surface area (Å²) >= 11 is 3.72. The summed E-state index contributed by atoms with van der Waals surface area (Å²) in [7, 11) is 0. The minimum Gasteiger partial charge on any atom is -0.258 e. The van der Waals surface area contributed by atoms with Gasteiger partial charge in [-0.05, 0) is 6.07 Å². The first-order valence-corrected chi connectivity index (χ1v) is 3.19. The second-order valence-electron chi connectivity index (χ2n) is 1.89. The van der Waals surface area contributed by atoms with E-state index in [-0.39, 0.29) is 10.6 Å². The van der Waals surface area contributed by atoms with Gasteiger partial charge in [0.05, 0.1) is 11.0 Å². The third-order valence-corrected chi connectivity index (χ3v) is 1.50. The Kier molecular flexibility index (Phi) is 2.09. The van der Waals surface area contributed by atoms with E-state index >= 15 is 0 Å².